The third-order valence-electron chi connectivity index (χ3n) is 7.30. The van der Waals surface area contributed by atoms with Crippen LogP contribution in [0, 0.1) is 0 Å². The lowest BCUT2D eigenvalue weighted by Gasteiger charge is -2.23. The lowest BCUT2D eigenvalue weighted by Crippen LogP contribution is -2.57. The first kappa shape index (κ1) is 43.0. The molecule has 0 saturated heterocycles. The molecule has 0 aliphatic carbocycles. The van der Waals surface area contributed by atoms with Gasteiger partial charge in [0.25, 0.3) is 0 Å². The summed E-state index contributed by atoms with van der Waals surface area (Å²) in [4.78, 5) is 115. The van der Waals surface area contributed by atoms with Gasteiger partial charge in [-0.3, -0.25) is 43.2 Å². The molecule has 8 amide bonds. The summed E-state index contributed by atoms with van der Waals surface area (Å²) >= 11 is 1.04. The van der Waals surface area contributed by atoms with Crippen LogP contribution in [0.2, 0.25) is 0 Å². The first-order chi connectivity index (χ1) is 24.9. The molecule has 0 radical (unpaired) electrons. The molecule has 0 bridgehead atoms. The highest BCUT2D eigenvalue weighted by molar-refractivity contribution is 7.17. The molecule has 21 heteroatoms. The number of phenolic OH excluding ortho intramolecular Hbond substituents is 1. The number of aromatic nitrogens is 1. The number of thiazole rings is 1. The molecule has 0 spiro atoms. The summed E-state index contributed by atoms with van der Waals surface area (Å²) in [6.45, 7) is 6.00. The molecule has 11 N–H and O–H groups in total. The SMILES string of the molecule is C[C@H](NC(=O)[C@H](C)NC(=O)CNC(=O)[C@H](Cc1ccc(O)cc1)NC(=O)[C@H](C)NC(=O)[C@H](C)NC(=O)[C@H](C)NC(=O)CNc1ncc(C=O)s1)C(N)=O. The highest BCUT2D eigenvalue weighted by atomic mass is 32.1. The van der Waals surface area contributed by atoms with E-state index < -0.39 is 90.1 Å². The first-order valence-corrected chi connectivity index (χ1v) is 17.0. The van der Waals surface area contributed by atoms with Crippen LogP contribution >= 0.6 is 11.3 Å². The normalized spacial score (nSPS) is 14.0. The van der Waals surface area contributed by atoms with Crippen LogP contribution in [0.15, 0.2) is 30.5 Å². The summed E-state index contributed by atoms with van der Waals surface area (Å²) in [6, 6.07) is -0.950. The lowest BCUT2D eigenvalue weighted by molar-refractivity contribution is -0.134. The van der Waals surface area contributed by atoms with E-state index in [0.717, 1.165) is 11.3 Å². The van der Waals surface area contributed by atoms with Gasteiger partial charge in [-0.2, -0.15) is 0 Å². The Balaban J connectivity index is 1.93. The van der Waals surface area contributed by atoms with Crippen molar-refractivity contribution in [2.45, 2.75) is 77.3 Å². The lowest BCUT2D eigenvalue weighted by atomic mass is 10.0. The number of nitrogens with one attached hydrogen (secondary N) is 8. The number of phenols is 1. The second kappa shape index (κ2) is 20.7. The number of nitrogens with zero attached hydrogens (tertiary/aromatic N) is 1. The number of benzene rings is 1. The fourth-order valence-electron chi connectivity index (χ4n) is 4.18. The molecule has 0 unspecified atom stereocenters. The summed E-state index contributed by atoms with van der Waals surface area (Å²) in [5.41, 5.74) is 5.65. The molecule has 288 valence electrons. The summed E-state index contributed by atoms with van der Waals surface area (Å²) in [5.74, 6) is -5.84. The molecule has 1 aromatic heterocycles. The highest BCUT2D eigenvalue weighted by Crippen LogP contribution is 2.15. The Labute approximate surface area is 308 Å². The van der Waals surface area contributed by atoms with Gasteiger partial charge in [0.1, 0.15) is 42.0 Å². The fourth-order valence-corrected chi connectivity index (χ4v) is 4.80. The molecule has 53 heavy (non-hydrogen) atoms. The largest absolute Gasteiger partial charge is 0.508 e. The molecule has 2 aromatic rings. The second-order valence-corrected chi connectivity index (χ2v) is 12.9. The van der Waals surface area contributed by atoms with Gasteiger partial charge in [0.05, 0.1) is 24.2 Å². The third kappa shape index (κ3) is 14.9. The number of carbonyl (C=O) groups is 9. The number of anilines is 1. The van der Waals surface area contributed by atoms with Crippen molar-refractivity contribution in [3.63, 3.8) is 0 Å². The zero-order chi connectivity index (χ0) is 39.8. The molecule has 0 aliphatic heterocycles. The number of primary amides is 1. The molecule has 2 rings (SSSR count). The standard InChI is InChI=1S/C32H44N10O10S/c1-15(26(33)47)39-27(48)16(2)37-24(45)12-34-31(52)23(10-20-6-8-21(44)9-7-20)42-30(51)19(5)41-29(50)18(4)40-28(49)17(3)38-25(46)13-36-32-35-11-22(14-43)53-32/h6-9,11,14-19,23,44H,10,12-13H2,1-5H3,(H2,33,47)(H,34,52)(H,35,36)(H,37,45)(H,38,46)(H,39,48)(H,40,49)(H,41,50)(H,42,51)/t15-,16-,17-,18-,19-,23-/m0/s1. The van der Waals surface area contributed by atoms with Gasteiger partial charge in [-0.05, 0) is 52.3 Å². The van der Waals surface area contributed by atoms with E-state index in [1.54, 1.807) is 0 Å². The van der Waals surface area contributed by atoms with Crippen molar-refractivity contribution in [3.8, 4) is 5.75 Å². The Morgan fingerprint density at radius 3 is 1.66 bits per heavy atom. The predicted octanol–water partition coefficient (Wildman–Crippen LogP) is -3.07. The van der Waals surface area contributed by atoms with E-state index in [-0.39, 0.29) is 18.7 Å². The Morgan fingerprint density at radius 1 is 0.698 bits per heavy atom. The minimum atomic E-state index is -1.27. The summed E-state index contributed by atoms with van der Waals surface area (Å²) in [7, 11) is 0. The van der Waals surface area contributed by atoms with Crippen LogP contribution in [0.4, 0.5) is 5.13 Å². The predicted molar refractivity (Wildman–Crippen MR) is 190 cm³/mol. The smallest absolute Gasteiger partial charge is 0.243 e. The first-order valence-electron chi connectivity index (χ1n) is 16.2. The van der Waals surface area contributed by atoms with Crippen LogP contribution in [0.1, 0.15) is 49.9 Å². The molecular formula is C32H44N10O10S. The number of aromatic hydroxyl groups is 1. The van der Waals surface area contributed by atoms with Crippen LogP contribution in [0.5, 0.6) is 5.75 Å². The van der Waals surface area contributed by atoms with E-state index in [0.29, 0.717) is 21.9 Å². The minimum absolute atomic E-state index is 0.0353. The van der Waals surface area contributed by atoms with Crippen LogP contribution in [-0.2, 0) is 44.8 Å². The quantitative estimate of drug-likeness (QED) is 0.0602. The maximum absolute atomic E-state index is 13.2. The van der Waals surface area contributed by atoms with Crippen molar-refractivity contribution in [2.24, 2.45) is 5.73 Å². The second-order valence-electron chi connectivity index (χ2n) is 11.9. The molecule has 0 aliphatic rings. The van der Waals surface area contributed by atoms with Crippen LogP contribution in [-0.4, -0.2) is 113 Å². The monoisotopic (exact) mass is 760 g/mol. The Hall–Kier alpha value is -6.12. The van der Waals surface area contributed by atoms with Crippen molar-refractivity contribution in [3.05, 3.63) is 40.9 Å². The van der Waals surface area contributed by atoms with Crippen molar-refractivity contribution < 1.29 is 48.3 Å². The summed E-state index contributed by atoms with van der Waals surface area (Å²) < 4.78 is 0. The molecule has 0 saturated carbocycles. The molecule has 1 heterocycles. The summed E-state index contributed by atoms with van der Waals surface area (Å²) in [5, 5.41) is 29.6. The molecular weight excluding hydrogens is 716 g/mol. The van der Waals surface area contributed by atoms with E-state index >= 15 is 0 Å². The van der Waals surface area contributed by atoms with Crippen LogP contribution < -0.4 is 48.3 Å². The van der Waals surface area contributed by atoms with Crippen LogP contribution in [0.3, 0.4) is 0 Å². The molecule has 6 atom stereocenters. The Morgan fingerprint density at radius 2 is 1.17 bits per heavy atom. The molecule has 1 aromatic carbocycles. The van der Waals surface area contributed by atoms with E-state index in [1.165, 1.54) is 65.1 Å². The van der Waals surface area contributed by atoms with E-state index in [4.69, 9.17) is 5.73 Å². The van der Waals surface area contributed by atoms with Crippen molar-refractivity contribution >= 4 is 70.0 Å². The number of nitrogens with two attached hydrogens (primary N) is 1. The Bertz CT molecular complexity index is 1670. The van der Waals surface area contributed by atoms with Gasteiger partial charge >= 0.3 is 0 Å². The maximum Gasteiger partial charge on any atom is 0.243 e. The maximum atomic E-state index is 13.2. The average Bonchev–Trinajstić information content (AvgIpc) is 3.58. The zero-order valence-corrected chi connectivity index (χ0v) is 30.4. The van der Waals surface area contributed by atoms with Crippen molar-refractivity contribution in [2.75, 3.05) is 18.4 Å². The fraction of sp³-hybridized carbons (Fsp3) is 0.438. The number of hydrogen-bond acceptors (Lipinski definition) is 13. The zero-order valence-electron chi connectivity index (χ0n) is 29.6. The third-order valence-corrected chi connectivity index (χ3v) is 8.18. The van der Waals surface area contributed by atoms with Gasteiger partial charge in [0.2, 0.25) is 47.3 Å². The number of rotatable bonds is 20. The average molecular weight is 761 g/mol. The highest BCUT2D eigenvalue weighted by Gasteiger charge is 2.28. The number of carbonyl (C=O) groups excluding carboxylic acids is 9. The summed E-state index contributed by atoms with van der Waals surface area (Å²) in [6.07, 6.45) is 1.87. The van der Waals surface area contributed by atoms with Gasteiger partial charge in [0.15, 0.2) is 11.4 Å². The number of amides is 8. The Kier molecular flexibility index (Phi) is 16.8. The van der Waals surface area contributed by atoms with E-state index in [2.05, 4.69) is 47.5 Å². The van der Waals surface area contributed by atoms with Gasteiger partial charge in [-0.1, -0.05) is 23.5 Å². The van der Waals surface area contributed by atoms with E-state index in [9.17, 15) is 48.3 Å². The van der Waals surface area contributed by atoms with Crippen LogP contribution in [0.25, 0.3) is 0 Å². The topological polar surface area (TPSA) is 309 Å². The van der Waals surface area contributed by atoms with Gasteiger partial charge in [-0.15, -0.1) is 0 Å². The van der Waals surface area contributed by atoms with Crippen molar-refractivity contribution in [1.29, 1.82) is 0 Å². The molecule has 20 nitrogen and oxygen atoms in total. The molecule has 0 fully saturated rings. The number of hydrogen-bond donors (Lipinski definition) is 10. The minimum Gasteiger partial charge on any atom is -0.508 e. The van der Waals surface area contributed by atoms with Crippen molar-refractivity contribution in [1.82, 2.24) is 42.2 Å². The number of aldehydes is 1. The van der Waals surface area contributed by atoms with Gasteiger partial charge in [0, 0.05) is 6.42 Å². The van der Waals surface area contributed by atoms with E-state index in [1.807, 2.05) is 0 Å². The van der Waals surface area contributed by atoms with Gasteiger partial charge < -0.3 is 53.4 Å². The van der Waals surface area contributed by atoms with Gasteiger partial charge in [-0.25, -0.2) is 4.98 Å².